The van der Waals surface area contributed by atoms with Crippen LogP contribution in [-0.4, -0.2) is 18.3 Å². The highest BCUT2D eigenvalue weighted by atomic mass is 16.5. The molecule has 1 rings (SSSR count). The number of phenols is 1. The molecule has 1 atom stereocenters. The first-order valence-electron chi connectivity index (χ1n) is 7.26. The summed E-state index contributed by atoms with van der Waals surface area (Å²) in [6.07, 6.45) is 6.39. The van der Waals surface area contributed by atoms with E-state index in [2.05, 4.69) is 19.2 Å². The van der Waals surface area contributed by atoms with Gasteiger partial charge >= 0.3 is 0 Å². The van der Waals surface area contributed by atoms with Crippen LogP contribution in [0.3, 0.4) is 0 Å². The highest BCUT2D eigenvalue weighted by Gasteiger charge is 2.05. The quantitative estimate of drug-likeness (QED) is 0.666. The van der Waals surface area contributed by atoms with Crippen molar-refractivity contribution in [3.63, 3.8) is 0 Å². The zero-order chi connectivity index (χ0) is 14.1. The summed E-state index contributed by atoms with van der Waals surface area (Å²) in [6, 6.07) is 5.93. The number of ether oxygens (including phenoxy) is 1. The van der Waals surface area contributed by atoms with E-state index in [0.29, 0.717) is 24.1 Å². The number of aromatic hydroxyl groups is 1. The number of hydrogen-bond donors (Lipinski definition) is 2. The standard InChI is InChI=1S/C16H27NO2/c1-4-5-6-7-8-13(2)17-12-14-9-10-15(19-3)11-16(14)18/h9-11,13,17-18H,4-8,12H2,1-3H3. The summed E-state index contributed by atoms with van der Waals surface area (Å²) in [5.74, 6) is 0.985. The van der Waals surface area contributed by atoms with Crippen molar-refractivity contribution in [2.45, 2.75) is 58.5 Å². The SMILES string of the molecule is CCCCCCC(C)NCc1ccc(OC)cc1O. The number of methoxy groups -OCH3 is 1. The largest absolute Gasteiger partial charge is 0.507 e. The van der Waals surface area contributed by atoms with E-state index in [9.17, 15) is 5.11 Å². The van der Waals surface area contributed by atoms with Crippen LogP contribution in [0.4, 0.5) is 0 Å². The van der Waals surface area contributed by atoms with Gasteiger partial charge in [-0.3, -0.25) is 0 Å². The van der Waals surface area contributed by atoms with E-state index in [1.807, 2.05) is 12.1 Å². The monoisotopic (exact) mass is 265 g/mol. The van der Waals surface area contributed by atoms with Gasteiger partial charge in [0.25, 0.3) is 0 Å². The Morgan fingerprint density at radius 3 is 2.68 bits per heavy atom. The molecule has 0 saturated heterocycles. The van der Waals surface area contributed by atoms with Gasteiger partial charge in [-0.05, 0) is 19.4 Å². The van der Waals surface area contributed by atoms with E-state index < -0.39 is 0 Å². The van der Waals surface area contributed by atoms with Gasteiger partial charge in [-0.15, -0.1) is 0 Å². The third-order valence-electron chi connectivity index (χ3n) is 3.42. The van der Waals surface area contributed by atoms with Crippen LogP contribution in [0, 0.1) is 0 Å². The Balaban J connectivity index is 2.31. The first kappa shape index (κ1) is 15.8. The zero-order valence-corrected chi connectivity index (χ0v) is 12.4. The van der Waals surface area contributed by atoms with Crippen LogP contribution in [0.15, 0.2) is 18.2 Å². The van der Waals surface area contributed by atoms with E-state index in [0.717, 1.165) is 5.56 Å². The van der Waals surface area contributed by atoms with Gasteiger partial charge in [0.05, 0.1) is 7.11 Å². The molecule has 0 saturated carbocycles. The maximum absolute atomic E-state index is 9.86. The average Bonchev–Trinajstić information content (AvgIpc) is 2.42. The predicted molar refractivity (Wildman–Crippen MR) is 79.7 cm³/mol. The van der Waals surface area contributed by atoms with E-state index in [-0.39, 0.29) is 0 Å². The molecular weight excluding hydrogens is 238 g/mol. The van der Waals surface area contributed by atoms with Crippen molar-refractivity contribution < 1.29 is 9.84 Å². The summed E-state index contributed by atoms with van der Waals surface area (Å²) in [5.41, 5.74) is 0.918. The minimum Gasteiger partial charge on any atom is -0.507 e. The Labute approximate surface area is 117 Å². The highest BCUT2D eigenvalue weighted by molar-refractivity contribution is 5.39. The molecule has 108 valence electrons. The van der Waals surface area contributed by atoms with Crippen LogP contribution in [0.25, 0.3) is 0 Å². The fraction of sp³-hybridized carbons (Fsp3) is 0.625. The smallest absolute Gasteiger partial charge is 0.123 e. The summed E-state index contributed by atoms with van der Waals surface area (Å²) in [4.78, 5) is 0. The van der Waals surface area contributed by atoms with Crippen molar-refractivity contribution >= 4 is 0 Å². The maximum Gasteiger partial charge on any atom is 0.123 e. The number of benzene rings is 1. The van der Waals surface area contributed by atoms with E-state index >= 15 is 0 Å². The van der Waals surface area contributed by atoms with Crippen LogP contribution < -0.4 is 10.1 Å². The van der Waals surface area contributed by atoms with Gasteiger partial charge in [0.15, 0.2) is 0 Å². The molecule has 1 unspecified atom stereocenters. The summed E-state index contributed by atoms with van der Waals surface area (Å²) in [6.45, 7) is 5.13. The fourth-order valence-corrected chi connectivity index (χ4v) is 2.08. The molecule has 0 fully saturated rings. The van der Waals surface area contributed by atoms with Gasteiger partial charge < -0.3 is 15.2 Å². The number of nitrogens with one attached hydrogen (secondary N) is 1. The number of hydrogen-bond acceptors (Lipinski definition) is 3. The Bertz CT molecular complexity index is 366. The van der Waals surface area contributed by atoms with Crippen molar-refractivity contribution in [1.82, 2.24) is 5.32 Å². The average molecular weight is 265 g/mol. The van der Waals surface area contributed by atoms with Gasteiger partial charge in [-0.1, -0.05) is 38.7 Å². The lowest BCUT2D eigenvalue weighted by atomic mass is 10.1. The molecule has 0 radical (unpaired) electrons. The summed E-state index contributed by atoms with van der Waals surface area (Å²) < 4.78 is 5.07. The molecule has 3 heteroatoms. The lowest BCUT2D eigenvalue weighted by Gasteiger charge is -2.14. The van der Waals surface area contributed by atoms with E-state index in [1.165, 1.54) is 32.1 Å². The van der Waals surface area contributed by atoms with Gasteiger partial charge in [0, 0.05) is 24.2 Å². The molecule has 0 heterocycles. The highest BCUT2D eigenvalue weighted by Crippen LogP contribution is 2.23. The van der Waals surface area contributed by atoms with Crippen LogP contribution in [0.1, 0.15) is 51.5 Å². The van der Waals surface area contributed by atoms with Gasteiger partial charge in [-0.25, -0.2) is 0 Å². The summed E-state index contributed by atoms with van der Waals surface area (Å²) in [7, 11) is 1.60. The lowest BCUT2D eigenvalue weighted by molar-refractivity contribution is 0.404. The minimum absolute atomic E-state index is 0.296. The van der Waals surface area contributed by atoms with Gasteiger partial charge in [0.1, 0.15) is 11.5 Å². The Morgan fingerprint density at radius 1 is 1.26 bits per heavy atom. The molecule has 1 aromatic rings. The lowest BCUT2D eigenvalue weighted by Crippen LogP contribution is -2.25. The number of unbranched alkanes of at least 4 members (excludes halogenated alkanes) is 3. The Morgan fingerprint density at radius 2 is 2.05 bits per heavy atom. The van der Waals surface area contributed by atoms with Crippen molar-refractivity contribution in [1.29, 1.82) is 0 Å². The van der Waals surface area contributed by atoms with Crippen LogP contribution in [0.5, 0.6) is 11.5 Å². The van der Waals surface area contributed by atoms with E-state index in [4.69, 9.17) is 4.74 Å². The molecule has 0 aliphatic rings. The molecule has 0 amide bonds. The Hall–Kier alpha value is -1.22. The normalized spacial score (nSPS) is 12.4. The Kier molecular flexibility index (Phi) is 7.34. The zero-order valence-electron chi connectivity index (χ0n) is 12.4. The first-order valence-corrected chi connectivity index (χ1v) is 7.26. The van der Waals surface area contributed by atoms with Crippen LogP contribution >= 0.6 is 0 Å². The summed E-state index contributed by atoms with van der Waals surface area (Å²) >= 11 is 0. The molecule has 3 nitrogen and oxygen atoms in total. The molecule has 1 aromatic carbocycles. The van der Waals surface area contributed by atoms with Crippen molar-refractivity contribution in [2.24, 2.45) is 0 Å². The second kappa shape index (κ2) is 8.81. The topological polar surface area (TPSA) is 41.5 Å². The van der Waals surface area contributed by atoms with Gasteiger partial charge in [-0.2, -0.15) is 0 Å². The third-order valence-corrected chi connectivity index (χ3v) is 3.42. The van der Waals surface area contributed by atoms with Crippen molar-refractivity contribution in [3.05, 3.63) is 23.8 Å². The predicted octanol–water partition coefficient (Wildman–Crippen LogP) is 3.85. The second-order valence-electron chi connectivity index (χ2n) is 5.13. The second-order valence-corrected chi connectivity index (χ2v) is 5.13. The van der Waals surface area contributed by atoms with Crippen molar-refractivity contribution in [3.8, 4) is 11.5 Å². The molecule has 19 heavy (non-hydrogen) atoms. The molecule has 0 aliphatic heterocycles. The number of rotatable bonds is 9. The summed E-state index contributed by atoms with van der Waals surface area (Å²) in [5, 5.41) is 13.3. The van der Waals surface area contributed by atoms with Gasteiger partial charge in [0.2, 0.25) is 0 Å². The molecule has 0 aliphatic carbocycles. The third kappa shape index (κ3) is 5.97. The molecule has 0 bridgehead atoms. The molecule has 2 N–H and O–H groups in total. The van der Waals surface area contributed by atoms with E-state index in [1.54, 1.807) is 13.2 Å². The molecule has 0 spiro atoms. The molecule has 0 aromatic heterocycles. The fourth-order valence-electron chi connectivity index (χ4n) is 2.08. The minimum atomic E-state index is 0.296. The maximum atomic E-state index is 9.86. The van der Waals surface area contributed by atoms with Crippen LogP contribution in [0.2, 0.25) is 0 Å². The van der Waals surface area contributed by atoms with Crippen LogP contribution in [-0.2, 0) is 6.54 Å². The first-order chi connectivity index (χ1) is 9.17. The molecular formula is C16H27NO2. The number of phenolic OH excluding ortho intramolecular Hbond substituents is 1. The van der Waals surface area contributed by atoms with Crippen molar-refractivity contribution in [2.75, 3.05) is 7.11 Å².